The number of phenols is 1. The molecule has 0 saturated carbocycles. The van der Waals surface area contributed by atoms with Crippen LogP contribution in [-0.4, -0.2) is 58.0 Å². The number of aliphatic imine (C=N–C) groups is 1. The van der Waals surface area contributed by atoms with Gasteiger partial charge >= 0.3 is 5.97 Å². The summed E-state index contributed by atoms with van der Waals surface area (Å²) in [5.41, 5.74) is 13.6. The molecular weight excluding hydrogens is 510 g/mol. The first-order valence-corrected chi connectivity index (χ1v) is 12.9. The molecule has 0 aliphatic rings. The zero-order chi connectivity index (χ0) is 29.1. The van der Waals surface area contributed by atoms with E-state index in [4.69, 9.17) is 11.5 Å². The van der Waals surface area contributed by atoms with Crippen LogP contribution in [0.2, 0.25) is 0 Å². The van der Waals surface area contributed by atoms with Crippen molar-refractivity contribution in [1.82, 2.24) is 10.2 Å². The normalized spacial score (nSPS) is 11.6. The molecule has 40 heavy (non-hydrogen) atoms. The molecule has 1 atom stereocenters. The summed E-state index contributed by atoms with van der Waals surface area (Å²) in [5, 5.41) is 22.7. The van der Waals surface area contributed by atoms with Gasteiger partial charge in [-0.3, -0.25) is 24.3 Å². The summed E-state index contributed by atoms with van der Waals surface area (Å²) in [4.78, 5) is 44.6. The molecule has 0 aromatic heterocycles. The van der Waals surface area contributed by atoms with E-state index in [0.717, 1.165) is 10.5 Å². The second-order valence-corrected chi connectivity index (χ2v) is 9.41. The third-order valence-electron chi connectivity index (χ3n) is 6.40. The van der Waals surface area contributed by atoms with Gasteiger partial charge in [-0.1, -0.05) is 72.8 Å². The van der Waals surface area contributed by atoms with E-state index in [0.29, 0.717) is 23.1 Å². The van der Waals surface area contributed by atoms with Crippen LogP contribution in [0.4, 0.5) is 0 Å². The lowest BCUT2D eigenvalue weighted by Crippen LogP contribution is -2.52. The Labute approximate surface area is 233 Å². The van der Waals surface area contributed by atoms with E-state index < -0.39 is 36.3 Å². The number of hydrogen-bond acceptors (Lipinski definition) is 6. The first-order chi connectivity index (χ1) is 19.2. The molecule has 0 aliphatic carbocycles. The molecule has 0 heterocycles. The lowest BCUT2D eigenvalue weighted by Gasteiger charge is -2.29. The number of aromatic hydroxyl groups is 1. The summed E-state index contributed by atoms with van der Waals surface area (Å²) in [6.45, 7) is 1.47. The van der Waals surface area contributed by atoms with Crippen LogP contribution in [0.25, 0.3) is 0 Å². The van der Waals surface area contributed by atoms with E-state index >= 15 is 0 Å². The number of nitrogens with zero attached hydrogens (tertiary/aromatic N) is 2. The summed E-state index contributed by atoms with van der Waals surface area (Å²) >= 11 is 0. The number of aliphatic carboxylic acids is 1. The fraction of sp³-hybridized carbons (Fsp3) is 0.267. The summed E-state index contributed by atoms with van der Waals surface area (Å²) < 4.78 is 0. The minimum absolute atomic E-state index is 0.0772. The van der Waals surface area contributed by atoms with Crippen molar-refractivity contribution in [2.24, 2.45) is 16.5 Å². The van der Waals surface area contributed by atoms with Gasteiger partial charge in [0.25, 0.3) is 0 Å². The van der Waals surface area contributed by atoms with E-state index in [9.17, 15) is 24.6 Å². The second kappa shape index (κ2) is 14.5. The number of phenolic OH excluding ortho intramolecular Hbond substituents is 1. The van der Waals surface area contributed by atoms with E-state index in [1.165, 1.54) is 0 Å². The molecule has 3 aromatic carbocycles. The Balaban J connectivity index is 1.94. The van der Waals surface area contributed by atoms with Crippen LogP contribution in [-0.2, 0) is 20.9 Å². The topological polar surface area (TPSA) is 171 Å². The van der Waals surface area contributed by atoms with Gasteiger partial charge in [-0.15, -0.1) is 0 Å². The molecule has 0 aliphatic heterocycles. The third-order valence-corrected chi connectivity index (χ3v) is 6.40. The number of nitrogens with one attached hydrogen (secondary N) is 1. The number of rotatable bonds is 13. The highest BCUT2D eigenvalue weighted by Crippen LogP contribution is 2.27. The number of amides is 2. The molecule has 10 nitrogen and oxygen atoms in total. The van der Waals surface area contributed by atoms with Crippen molar-refractivity contribution in [3.05, 3.63) is 101 Å². The number of guanidine groups is 1. The average Bonchev–Trinajstić information content (AvgIpc) is 2.94. The van der Waals surface area contributed by atoms with Crippen LogP contribution in [0.1, 0.15) is 41.0 Å². The molecule has 3 aromatic rings. The fourth-order valence-electron chi connectivity index (χ4n) is 4.40. The number of carboxylic acid groups (broad SMARTS) is 1. The predicted molar refractivity (Wildman–Crippen MR) is 152 cm³/mol. The van der Waals surface area contributed by atoms with Crippen LogP contribution in [0, 0.1) is 6.92 Å². The van der Waals surface area contributed by atoms with E-state index in [1.807, 2.05) is 12.1 Å². The third kappa shape index (κ3) is 8.40. The molecule has 2 amide bonds. The minimum atomic E-state index is -1.31. The molecule has 7 N–H and O–H groups in total. The molecule has 0 unspecified atom stereocenters. The van der Waals surface area contributed by atoms with Gasteiger partial charge in [0.05, 0.1) is 12.0 Å². The second-order valence-electron chi connectivity index (χ2n) is 9.41. The maximum Gasteiger partial charge on any atom is 0.323 e. The SMILES string of the molecule is Cc1cc(CN[C@@H](CCCN=C(N)N)C(=O)N(CC(=O)O)C(=O)C(c2ccccc2)c2ccccc2)ccc1O. The standard InChI is InChI=1S/C30H35N5O5/c1-20-17-21(14-15-25(20)36)18-34-24(13-8-16-33-30(31)32)28(39)35(19-26(37)38)29(40)27(22-9-4-2-5-10-22)23-11-6-3-7-12-23/h2-7,9-12,14-15,17,24,27,34,36H,8,13,16,18-19H2,1H3,(H,37,38)(H4,31,32,33)/t24-/m0/s1. The van der Waals surface area contributed by atoms with E-state index in [-0.39, 0.29) is 31.2 Å². The Morgan fingerprint density at radius 3 is 2.05 bits per heavy atom. The van der Waals surface area contributed by atoms with Gasteiger partial charge in [0.2, 0.25) is 11.8 Å². The summed E-state index contributed by atoms with van der Waals surface area (Å²) in [6, 6.07) is 22.0. The number of carboxylic acids is 1. The Bertz CT molecular complexity index is 1290. The number of imide groups is 1. The molecule has 0 fully saturated rings. The minimum Gasteiger partial charge on any atom is -0.508 e. The molecule has 0 bridgehead atoms. The number of aryl methyl sites for hydroxylation is 1. The van der Waals surface area contributed by atoms with E-state index in [1.54, 1.807) is 73.7 Å². The zero-order valence-corrected chi connectivity index (χ0v) is 22.4. The number of nitrogens with two attached hydrogens (primary N) is 2. The van der Waals surface area contributed by atoms with Crippen LogP contribution in [0.5, 0.6) is 5.75 Å². The van der Waals surface area contributed by atoms with Crippen LogP contribution >= 0.6 is 0 Å². The molecular formula is C30H35N5O5. The zero-order valence-electron chi connectivity index (χ0n) is 22.4. The van der Waals surface area contributed by atoms with Gasteiger partial charge in [-0.05, 0) is 48.1 Å². The van der Waals surface area contributed by atoms with Crippen molar-refractivity contribution in [3.8, 4) is 5.75 Å². The van der Waals surface area contributed by atoms with Crippen molar-refractivity contribution in [3.63, 3.8) is 0 Å². The van der Waals surface area contributed by atoms with Gasteiger partial charge in [0.15, 0.2) is 5.96 Å². The highest BCUT2D eigenvalue weighted by Gasteiger charge is 2.35. The molecule has 0 radical (unpaired) electrons. The average molecular weight is 546 g/mol. The van der Waals surface area contributed by atoms with Gasteiger partial charge in [-0.2, -0.15) is 0 Å². The molecule has 0 saturated heterocycles. The molecule has 3 rings (SSSR count). The molecule has 0 spiro atoms. The molecule has 10 heteroatoms. The van der Waals surface area contributed by atoms with E-state index in [2.05, 4.69) is 10.3 Å². The largest absolute Gasteiger partial charge is 0.508 e. The Kier molecular flexibility index (Phi) is 10.8. The van der Waals surface area contributed by atoms with Gasteiger partial charge in [0, 0.05) is 13.1 Å². The molecule has 210 valence electrons. The van der Waals surface area contributed by atoms with Crippen LogP contribution in [0.15, 0.2) is 83.9 Å². The number of hydrogen-bond donors (Lipinski definition) is 5. The van der Waals surface area contributed by atoms with Crippen molar-refractivity contribution in [2.45, 2.75) is 38.3 Å². The number of benzene rings is 3. The lowest BCUT2D eigenvalue weighted by atomic mass is 9.89. The van der Waals surface area contributed by atoms with Crippen LogP contribution < -0.4 is 16.8 Å². The Morgan fingerprint density at radius 2 is 1.52 bits per heavy atom. The quantitative estimate of drug-likeness (QED) is 0.124. The Morgan fingerprint density at radius 1 is 0.925 bits per heavy atom. The summed E-state index contributed by atoms with van der Waals surface area (Å²) in [7, 11) is 0. The van der Waals surface area contributed by atoms with Crippen molar-refractivity contribution >= 4 is 23.7 Å². The van der Waals surface area contributed by atoms with Crippen LogP contribution in [0.3, 0.4) is 0 Å². The number of carbonyl (C=O) groups excluding carboxylic acids is 2. The summed E-state index contributed by atoms with van der Waals surface area (Å²) in [6.07, 6.45) is 0.656. The van der Waals surface area contributed by atoms with Gasteiger partial charge < -0.3 is 27.0 Å². The van der Waals surface area contributed by atoms with Gasteiger partial charge in [0.1, 0.15) is 12.3 Å². The highest BCUT2D eigenvalue weighted by atomic mass is 16.4. The first kappa shape index (κ1) is 29.9. The first-order valence-electron chi connectivity index (χ1n) is 12.9. The van der Waals surface area contributed by atoms with Crippen molar-refractivity contribution in [1.29, 1.82) is 0 Å². The van der Waals surface area contributed by atoms with Gasteiger partial charge in [-0.25, -0.2) is 0 Å². The monoisotopic (exact) mass is 545 g/mol. The maximum absolute atomic E-state index is 14.0. The number of carbonyl (C=O) groups is 3. The fourth-order valence-corrected chi connectivity index (χ4v) is 4.40. The lowest BCUT2D eigenvalue weighted by molar-refractivity contribution is -0.154. The maximum atomic E-state index is 14.0. The van der Waals surface area contributed by atoms with Crippen molar-refractivity contribution in [2.75, 3.05) is 13.1 Å². The summed E-state index contributed by atoms with van der Waals surface area (Å²) in [5.74, 6) is -3.42. The smallest absolute Gasteiger partial charge is 0.323 e. The van der Waals surface area contributed by atoms with Crippen molar-refractivity contribution < 1.29 is 24.6 Å². The highest BCUT2D eigenvalue weighted by molar-refractivity contribution is 6.04. The Hall–Kier alpha value is -4.70. The predicted octanol–water partition coefficient (Wildman–Crippen LogP) is 2.48.